The molecule has 0 aliphatic carbocycles. The van der Waals surface area contributed by atoms with Gasteiger partial charge in [-0.25, -0.2) is 0 Å². The third-order valence-corrected chi connectivity index (χ3v) is 1.66. The lowest BCUT2D eigenvalue weighted by molar-refractivity contribution is 0.0525. The molecule has 0 fully saturated rings. The minimum Gasteiger partial charge on any atom is -0.464 e. The molecule has 12 heavy (non-hydrogen) atoms. The molecule has 0 saturated heterocycles. The van der Waals surface area contributed by atoms with Crippen molar-refractivity contribution in [1.82, 2.24) is 0 Å². The normalized spacial score (nSPS) is 13.2. The summed E-state index contributed by atoms with van der Waals surface area (Å²) in [5.41, 5.74) is 5.52. The predicted molar refractivity (Wildman–Crippen MR) is 46.9 cm³/mol. The van der Waals surface area contributed by atoms with E-state index in [1.165, 1.54) is 0 Å². The van der Waals surface area contributed by atoms with Gasteiger partial charge in [-0.2, -0.15) is 0 Å². The first-order valence-corrected chi connectivity index (χ1v) is 4.16. The minimum atomic E-state index is -0.0938. The lowest BCUT2D eigenvalue weighted by atomic mass is 10.3. The lowest BCUT2D eigenvalue weighted by Gasteiger charge is -2.11. The summed E-state index contributed by atoms with van der Waals surface area (Å²) in [5, 5.41) is 0. The molecule has 0 saturated carbocycles. The van der Waals surface area contributed by atoms with Gasteiger partial charge in [-0.05, 0) is 26.0 Å². The maximum absolute atomic E-state index is 5.52. The van der Waals surface area contributed by atoms with Gasteiger partial charge in [-0.15, -0.1) is 0 Å². The maximum atomic E-state index is 5.52. The summed E-state index contributed by atoms with van der Waals surface area (Å²) in [7, 11) is 0. The molecule has 1 aromatic rings. The molecule has 0 bridgehead atoms. The van der Waals surface area contributed by atoms with Crippen molar-refractivity contribution in [3.63, 3.8) is 0 Å². The van der Waals surface area contributed by atoms with Crippen LogP contribution in [0, 0.1) is 6.92 Å². The van der Waals surface area contributed by atoms with Crippen molar-refractivity contribution in [2.24, 2.45) is 5.73 Å². The Balaban J connectivity index is 2.66. The van der Waals surface area contributed by atoms with Crippen LogP contribution in [0.25, 0.3) is 0 Å². The summed E-state index contributed by atoms with van der Waals surface area (Å²) in [6, 6.07) is 3.82. The molecule has 1 atom stereocenters. The average Bonchev–Trinajstić information content (AvgIpc) is 2.47. The second-order valence-corrected chi connectivity index (χ2v) is 2.63. The molecule has 0 radical (unpaired) electrons. The van der Waals surface area contributed by atoms with Gasteiger partial charge in [-0.1, -0.05) is 0 Å². The molecule has 3 nitrogen and oxygen atoms in total. The third-order valence-electron chi connectivity index (χ3n) is 1.66. The van der Waals surface area contributed by atoms with Crippen molar-refractivity contribution in [2.45, 2.75) is 20.0 Å². The molecular formula is C9H15NO2. The fourth-order valence-corrected chi connectivity index (χ4v) is 1.09. The highest BCUT2D eigenvalue weighted by Crippen LogP contribution is 2.18. The van der Waals surface area contributed by atoms with Crippen LogP contribution in [-0.2, 0) is 4.74 Å². The van der Waals surface area contributed by atoms with E-state index in [2.05, 4.69) is 0 Å². The number of hydrogen-bond acceptors (Lipinski definition) is 3. The Hall–Kier alpha value is -0.800. The van der Waals surface area contributed by atoms with E-state index in [0.29, 0.717) is 13.2 Å². The topological polar surface area (TPSA) is 48.4 Å². The first-order valence-electron chi connectivity index (χ1n) is 4.16. The largest absolute Gasteiger partial charge is 0.464 e. The maximum Gasteiger partial charge on any atom is 0.134 e. The summed E-state index contributed by atoms with van der Waals surface area (Å²) in [5.74, 6) is 1.71. The number of ether oxygens (including phenoxy) is 1. The Morgan fingerprint density at radius 2 is 2.33 bits per heavy atom. The summed E-state index contributed by atoms with van der Waals surface area (Å²) in [4.78, 5) is 0. The van der Waals surface area contributed by atoms with Crippen molar-refractivity contribution in [2.75, 3.05) is 13.2 Å². The Morgan fingerprint density at radius 1 is 1.58 bits per heavy atom. The van der Waals surface area contributed by atoms with Crippen LogP contribution in [0.1, 0.15) is 24.5 Å². The van der Waals surface area contributed by atoms with Gasteiger partial charge in [-0.3, -0.25) is 0 Å². The number of hydrogen-bond donors (Lipinski definition) is 1. The molecular weight excluding hydrogens is 154 g/mol. The van der Waals surface area contributed by atoms with Crippen molar-refractivity contribution in [3.05, 3.63) is 23.7 Å². The monoisotopic (exact) mass is 169 g/mol. The van der Waals surface area contributed by atoms with Gasteiger partial charge in [0.05, 0.1) is 0 Å². The molecule has 2 N–H and O–H groups in total. The van der Waals surface area contributed by atoms with Crippen LogP contribution in [0.2, 0.25) is 0 Å². The first kappa shape index (κ1) is 9.29. The molecule has 0 aliphatic rings. The molecule has 1 unspecified atom stereocenters. The zero-order chi connectivity index (χ0) is 8.97. The molecule has 3 heteroatoms. The quantitative estimate of drug-likeness (QED) is 0.745. The second-order valence-electron chi connectivity index (χ2n) is 2.63. The van der Waals surface area contributed by atoms with Crippen LogP contribution in [0.4, 0.5) is 0 Å². The van der Waals surface area contributed by atoms with Gasteiger partial charge in [0.2, 0.25) is 0 Å². The van der Waals surface area contributed by atoms with Gasteiger partial charge in [0.15, 0.2) is 0 Å². The van der Waals surface area contributed by atoms with Crippen molar-refractivity contribution in [3.8, 4) is 0 Å². The molecule has 0 amide bonds. The highest BCUT2D eigenvalue weighted by Gasteiger charge is 2.12. The molecule has 68 valence electrons. The van der Waals surface area contributed by atoms with E-state index >= 15 is 0 Å². The summed E-state index contributed by atoms with van der Waals surface area (Å²) >= 11 is 0. The van der Waals surface area contributed by atoms with E-state index < -0.39 is 0 Å². The van der Waals surface area contributed by atoms with Crippen LogP contribution in [-0.4, -0.2) is 13.2 Å². The smallest absolute Gasteiger partial charge is 0.134 e. The fraction of sp³-hybridized carbons (Fsp3) is 0.556. The zero-order valence-corrected chi connectivity index (χ0v) is 7.54. The minimum absolute atomic E-state index is 0.0938. The molecule has 1 aromatic heterocycles. The number of nitrogens with two attached hydrogens (primary N) is 1. The number of rotatable bonds is 4. The van der Waals surface area contributed by atoms with Crippen molar-refractivity contribution >= 4 is 0 Å². The summed E-state index contributed by atoms with van der Waals surface area (Å²) < 4.78 is 10.8. The standard InChI is InChI=1S/C9H15NO2/c1-3-11-9(6-10)8-5-4-7(2)12-8/h4-5,9H,3,6,10H2,1-2H3. The Labute approximate surface area is 72.5 Å². The second kappa shape index (κ2) is 4.28. The highest BCUT2D eigenvalue weighted by molar-refractivity contribution is 5.08. The van der Waals surface area contributed by atoms with Crippen LogP contribution in [0.3, 0.4) is 0 Å². The Morgan fingerprint density at radius 3 is 2.75 bits per heavy atom. The van der Waals surface area contributed by atoms with Crippen molar-refractivity contribution < 1.29 is 9.15 Å². The predicted octanol–water partition coefficient (Wildman–Crippen LogP) is 1.62. The highest BCUT2D eigenvalue weighted by atomic mass is 16.5. The van der Waals surface area contributed by atoms with Gasteiger partial charge in [0.1, 0.15) is 17.6 Å². The molecule has 0 spiro atoms. The molecule has 0 aliphatic heterocycles. The zero-order valence-electron chi connectivity index (χ0n) is 7.54. The first-order chi connectivity index (χ1) is 5.77. The SMILES string of the molecule is CCOC(CN)c1ccc(C)o1. The van der Waals surface area contributed by atoms with E-state index in [4.69, 9.17) is 14.9 Å². The average molecular weight is 169 g/mol. The molecule has 1 heterocycles. The third kappa shape index (κ3) is 2.09. The van der Waals surface area contributed by atoms with Crippen LogP contribution < -0.4 is 5.73 Å². The van der Waals surface area contributed by atoms with Crippen LogP contribution in [0.15, 0.2) is 16.5 Å². The summed E-state index contributed by atoms with van der Waals surface area (Å²) in [6.45, 7) is 4.96. The van der Waals surface area contributed by atoms with Crippen molar-refractivity contribution in [1.29, 1.82) is 0 Å². The molecule has 0 aromatic carbocycles. The summed E-state index contributed by atoms with van der Waals surface area (Å²) in [6.07, 6.45) is -0.0938. The van der Waals surface area contributed by atoms with E-state index in [1.807, 2.05) is 26.0 Å². The lowest BCUT2D eigenvalue weighted by Crippen LogP contribution is -2.15. The van der Waals surface area contributed by atoms with Gasteiger partial charge >= 0.3 is 0 Å². The van der Waals surface area contributed by atoms with Gasteiger partial charge in [0.25, 0.3) is 0 Å². The van der Waals surface area contributed by atoms with Gasteiger partial charge < -0.3 is 14.9 Å². The van der Waals surface area contributed by atoms with E-state index in [9.17, 15) is 0 Å². The Bertz CT molecular complexity index is 232. The van der Waals surface area contributed by atoms with Crippen LogP contribution in [0.5, 0.6) is 0 Å². The number of aryl methyl sites for hydroxylation is 1. The van der Waals surface area contributed by atoms with E-state index in [-0.39, 0.29) is 6.10 Å². The fourth-order valence-electron chi connectivity index (χ4n) is 1.09. The molecule has 1 rings (SSSR count). The van der Waals surface area contributed by atoms with Crippen LogP contribution >= 0.6 is 0 Å². The number of furan rings is 1. The van der Waals surface area contributed by atoms with E-state index in [1.54, 1.807) is 0 Å². The van der Waals surface area contributed by atoms with Gasteiger partial charge in [0, 0.05) is 13.2 Å². The Kier molecular flexibility index (Phi) is 3.31. The van der Waals surface area contributed by atoms with E-state index in [0.717, 1.165) is 11.5 Å².